The zero-order valence-corrected chi connectivity index (χ0v) is 13.7. The maximum absolute atomic E-state index is 9.90. The van der Waals surface area contributed by atoms with E-state index in [1.165, 1.54) is 16.5 Å². The molecule has 2 aromatic rings. The van der Waals surface area contributed by atoms with Gasteiger partial charge in [0.1, 0.15) is 5.75 Å². The molecule has 0 saturated carbocycles. The molecule has 0 spiro atoms. The summed E-state index contributed by atoms with van der Waals surface area (Å²) in [6, 6.07) is 6.31. The number of benzene rings is 1. The highest BCUT2D eigenvalue weighted by molar-refractivity contribution is 5.85. The fourth-order valence-electron chi connectivity index (χ4n) is 3.47. The average molecular weight is 302 g/mol. The van der Waals surface area contributed by atoms with E-state index in [0.717, 1.165) is 38.3 Å². The lowest BCUT2D eigenvalue weighted by atomic mass is 9.96. The van der Waals surface area contributed by atoms with Crippen LogP contribution < -0.4 is 4.74 Å². The standard InChI is InChI=1S/C18H26N2O2/c1-4-20-12-14(11-19-8-7-18(21)13(2)10-19)16-9-15(22-3)5-6-17(16)20/h5-6,9,12-13,18,21H,4,7-8,10-11H2,1-3H3. The molecule has 2 heterocycles. The van der Waals surface area contributed by atoms with Crippen LogP contribution in [0.3, 0.4) is 0 Å². The van der Waals surface area contributed by atoms with E-state index in [2.05, 4.69) is 41.6 Å². The SMILES string of the molecule is CCn1cc(CN2CCC(O)C(C)C2)c2cc(OC)ccc21. The van der Waals surface area contributed by atoms with Crippen molar-refractivity contribution >= 4 is 10.9 Å². The van der Waals surface area contributed by atoms with E-state index < -0.39 is 0 Å². The topological polar surface area (TPSA) is 37.6 Å². The fourth-order valence-corrected chi connectivity index (χ4v) is 3.47. The highest BCUT2D eigenvalue weighted by atomic mass is 16.5. The maximum Gasteiger partial charge on any atom is 0.119 e. The highest BCUT2D eigenvalue weighted by Crippen LogP contribution is 2.28. The van der Waals surface area contributed by atoms with Gasteiger partial charge in [0.25, 0.3) is 0 Å². The molecule has 4 nitrogen and oxygen atoms in total. The molecule has 0 amide bonds. The number of aromatic nitrogens is 1. The summed E-state index contributed by atoms with van der Waals surface area (Å²) in [6.07, 6.45) is 2.99. The first-order chi connectivity index (χ1) is 10.6. The predicted octanol–water partition coefficient (Wildman–Crippen LogP) is 2.87. The lowest BCUT2D eigenvalue weighted by Crippen LogP contribution is -2.41. The maximum atomic E-state index is 9.90. The Bertz CT molecular complexity index is 650. The van der Waals surface area contributed by atoms with Crippen LogP contribution in [0.2, 0.25) is 0 Å². The number of ether oxygens (including phenoxy) is 1. The van der Waals surface area contributed by atoms with Crippen LogP contribution in [0.5, 0.6) is 5.75 Å². The molecule has 3 rings (SSSR count). The van der Waals surface area contributed by atoms with Crippen LogP contribution in [0.1, 0.15) is 25.8 Å². The molecule has 22 heavy (non-hydrogen) atoms. The molecule has 0 aliphatic carbocycles. The second kappa shape index (κ2) is 6.31. The molecule has 1 aromatic heterocycles. The Labute approximate surface area is 132 Å². The van der Waals surface area contributed by atoms with Gasteiger partial charge < -0.3 is 14.4 Å². The molecule has 1 aromatic carbocycles. The van der Waals surface area contributed by atoms with Gasteiger partial charge in [0.05, 0.1) is 13.2 Å². The molecular weight excluding hydrogens is 276 g/mol. The Morgan fingerprint density at radius 1 is 1.36 bits per heavy atom. The summed E-state index contributed by atoms with van der Waals surface area (Å²) in [5.74, 6) is 1.26. The van der Waals surface area contributed by atoms with E-state index in [0.29, 0.717) is 5.92 Å². The smallest absolute Gasteiger partial charge is 0.119 e. The Hall–Kier alpha value is -1.52. The lowest BCUT2D eigenvalue weighted by molar-refractivity contribution is 0.0321. The fraction of sp³-hybridized carbons (Fsp3) is 0.556. The van der Waals surface area contributed by atoms with Crippen molar-refractivity contribution in [2.75, 3.05) is 20.2 Å². The molecule has 4 heteroatoms. The molecule has 0 radical (unpaired) electrons. The van der Waals surface area contributed by atoms with Crippen LogP contribution in [0.15, 0.2) is 24.4 Å². The third-order valence-electron chi connectivity index (χ3n) is 4.85. The average Bonchev–Trinajstić information content (AvgIpc) is 2.88. The number of aliphatic hydroxyl groups is 1. The number of aliphatic hydroxyl groups excluding tert-OH is 1. The molecule has 2 atom stereocenters. The second-order valence-corrected chi connectivity index (χ2v) is 6.39. The van der Waals surface area contributed by atoms with Gasteiger partial charge in [-0.25, -0.2) is 0 Å². The van der Waals surface area contributed by atoms with Crippen molar-refractivity contribution in [1.29, 1.82) is 0 Å². The Kier molecular flexibility index (Phi) is 4.41. The van der Waals surface area contributed by atoms with Crippen LogP contribution in [-0.4, -0.2) is 40.9 Å². The molecule has 1 aliphatic rings. The minimum Gasteiger partial charge on any atom is -0.497 e. The number of nitrogens with zero attached hydrogens (tertiary/aromatic N) is 2. The van der Waals surface area contributed by atoms with Gasteiger partial charge in [-0.05, 0) is 43.0 Å². The van der Waals surface area contributed by atoms with Gasteiger partial charge >= 0.3 is 0 Å². The highest BCUT2D eigenvalue weighted by Gasteiger charge is 2.24. The van der Waals surface area contributed by atoms with Crippen molar-refractivity contribution < 1.29 is 9.84 Å². The second-order valence-electron chi connectivity index (χ2n) is 6.39. The van der Waals surface area contributed by atoms with Crippen LogP contribution in [0.4, 0.5) is 0 Å². The van der Waals surface area contributed by atoms with Gasteiger partial charge in [0.2, 0.25) is 0 Å². The van der Waals surface area contributed by atoms with E-state index in [4.69, 9.17) is 4.74 Å². The first kappa shape index (κ1) is 15.4. The van der Waals surface area contributed by atoms with Crippen LogP contribution in [0.25, 0.3) is 10.9 Å². The van der Waals surface area contributed by atoms with Gasteiger partial charge in [-0.1, -0.05) is 6.92 Å². The Morgan fingerprint density at radius 3 is 2.86 bits per heavy atom. The van der Waals surface area contributed by atoms with E-state index in [-0.39, 0.29) is 6.10 Å². The van der Waals surface area contributed by atoms with Gasteiger partial charge in [0.15, 0.2) is 0 Å². The summed E-state index contributed by atoms with van der Waals surface area (Å²) in [5.41, 5.74) is 2.61. The number of rotatable bonds is 4. The number of piperidine rings is 1. The number of likely N-dealkylation sites (tertiary alicyclic amines) is 1. The third-order valence-corrected chi connectivity index (χ3v) is 4.85. The monoisotopic (exact) mass is 302 g/mol. The van der Waals surface area contributed by atoms with Crippen molar-refractivity contribution in [1.82, 2.24) is 9.47 Å². The molecule has 1 aliphatic heterocycles. The van der Waals surface area contributed by atoms with E-state index >= 15 is 0 Å². The largest absolute Gasteiger partial charge is 0.497 e. The van der Waals surface area contributed by atoms with E-state index in [1.807, 2.05) is 6.07 Å². The predicted molar refractivity (Wildman–Crippen MR) is 89.2 cm³/mol. The van der Waals surface area contributed by atoms with Crippen LogP contribution >= 0.6 is 0 Å². The van der Waals surface area contributed by atoms with Crippen molar-refractivity contribution in [3.8, 4) is 5.75 Å². The minimum absolute atomic E-state index is 0.145. The molecular formula is C18H26N2O2. The minimum atomic E-state index is -0.145. The molecule has 120 valence electrons. The summed E-state index contributed by atoms with van der Waals surface area (Å²) in [6.45, 7) is 8.14. The molecule has 1 saturated heterocycles. The number of hydrogen-bond donors (Lipinski definition) is 1. The number of hydrogen-bond acceptors (Lipinski definition) is 3. The number of aryl methyl sites for hydroxylation is 1. The summed E-state index contributed by atoms with van der Waals surface area (Å²) in [4.78, 5) is 2.45. The number of methoxy groups -OCH3 is 1. The van der Waals surface area contributed by atoms with Crippen LogP contribution in [-0.2, 0) is 13.1 Å². The van der Waals surface area contributed by atoms with Crippen molar-refractivity contribution in [2.24, 2.45) is 5.92 Å². The summed E-state index contributed by atoms with van der Waals surface area (Å²) < 4.78 is 7.68. The summed E-state index contributed by atoms with van der Waals surface area (Å²) >= 11 is 0. The Morgan fingerprint density at radius 2 is 2.18 bits per heavy atom. The van der Waals surface area contributed by atoms with Gasteiger partial charge in [-0.2, -0.15) is 0 Å². The van der Waals surface area contributed by atoms with Crippen molar-refractivity contribution in [2.45, 2.75) is 39.5 Å². The number of fused-ring (bicyclic) bond motifs is 1. The van der Waals surface area contributed by atoms with E-state index in [1.54, 1.807) is 7.11 Å². The first-order valence-electron chi connectivity index (χ1n) is 8.18. The quantitative estimate of drug-likeness (QED) is 0.943. The first-order valence-corrected chi connectivity index (χ1v) is 8.18. The Balaban J connectivity index is 1.89. The van der Waals surface area contributed by atoms with E-state index in [9.17, 15) is 5.11 Å². The van der Waals surface area contributed by atoms with Crippen molar-refractivity contribution in [3.05, 3.63) is 30.0 Å². The third kappa shape index (κ3) is 2.85. The summed E-state index contributed by atoms with van der Waals surface area (Å²) in [7, 11) is 1.71. The molecule has 1 fully saturated rings. The van der Waals surface area contributed by atoms with Gasteiger partial charge in [-0.15, -0.1) is 0 Å². The lowest BCUT2D eigenvalue weighted by Gasteiger charge is -2.34. The van der Waals surface area contributed by atoms with Gasteiger partial charge in [-0.3, -0.25) is 4.90 Å². The summed E-state index contributed by atoms with van der Waals surface area (Å²) in [5, 5.41) is 11.2. The molecule has 2 unspecified atom stereocenters. The zero-order chi connectivity index (χ0) is 15.7. The molecule has 1 N–H and O–H groups in total. The molecule has 0 bridgehead atoms. The van der Waals surface area contributed by atoms with Crippen LogP contribution in [0, 0.1) is 5.92 Å². The normalized spacial score (nSPS) is 23.1. The van der Waals surface area contributed by atoms with Gasteiger partial charge in [0, 0.05) is 43.3 Å². The van der Waals surface area contributed by atoms with Crippen molar-refractivity contribution in [3.63, 3.8) is 0 Å². The zero-order valence-electron chi connectivity index (χ0n) is 13.7.